The van der Waals surface area contributed by atoms with Crippen LogP contribution in [0.15, 0.2) is 24.3 Å². The summed E-state index contributed by atoms with van der Waals surface area (Å²) in [4.78, 5) is 15.6. The van der Waals surface area contributed by atoms with E-state index in [0.29, 0.717) is 6.54 Å². The summed E-state index contributed by atoms with van der Waals surface area (Å²) in [7, 11) is 0. The van der Waals surface area contributed by atoms with Crippen LogP contribution in [0.4, 0.5) is 0 Å². The Kier molecular flexibility index (Phi) is 7.05. The average molecular weight is 363 g/mol. The molecule has 1 aromatic carbocycles. The maximum absolute atomic E-state index is 13.2. The Labute approximate surface area is 160 Å². The van der Waals surface area contributed by atoms with Gasteiger partial charge in [0.05, 0.1) is 12.6 Å². The molecule has 4 nitrogen and oxygen atoms in total. The van der Waals surface area contributed by atoms with Crippen molar-refractivity contribution in [3.8, 4) is 0 Å². The van der Waals surface area contributed by atoms with Crippen LogP contribution in [-0.4, -0.2) is 33.0 Å². The molecule has 0 radical (unpaired) electrons. The summed E-state index contributed by atoms with van der Waals surface area (Å²) in [6, 6.07) is 7.42. The summed E-state index contributed by atoms with van der Waals surface area (Å²) >= 11 is 0. The highest BCUT2D eigenvalue weighted by Gasteiger charge is 2.45. The minimum Gasteiger partial charge on any atom is -0.392 e. The van der Waals surface area contributed by atoms with Gasteiger partial charge in [-0.3, -0.25) is 9.69 Å². The van der Waals surface area contributed by atoms with Crippen LogP contribution in [0.5, 0.6) is 0 Å². The van der Waals surface area contributed by atoms with Gasteiger partial charge < -0.3 is 10.4 Å². The summed E-state index contributed by atoms with van der Waals surface area (Å²) in [5, 5.41) is 12.3. The van der Waals surface area contributed by atoms with Gasteiger partial charge in [-0.15, -0.1) is 0 Å². The van der Waals surface area contributed by atoms with Crippen LogP contribution in [0.1, 0.15) is 73.4 Å². The number of rotatable bonds is 5. The van der Waals surface area contributed by atoms with Gasteiger partial charge in [0.2, 0.25) is 5.91 Å². The van der Waals surface area contributed by atoms with E-state index in [1.807, 2.05) is 24.3 Å². The van der Waals surface area contributed by atoms with E-state index in [1.165, 1.54) is 0 Å². The average Bonchev–Trinajstić information content (AvgIpc) is 2.47. The lowest BCUT2D eigenvalue weighted by atomic mass is 9.79. The van der Waals surface area contributed by atoms with E-state index in [4.69, 9.17) is 5.11 Å². The first-order valence-corrected chi connectivity index (χ1v) is 9.44. The Hall–Kier alpha value is -1.39. The van der Waals surface area contributed by atoms with Gasteiger partial charge >= 0.3 is 0 Å². The normalized spacial score (nSPS) is 14.4. The molecule has 0 fully saturated rings. The van der Waals surface area contributed by atoms with E-state index >= 15 is 0 Å². The Morgan fingerprint density at radius 1 is 0.923 bits per heavy atom. The fourth-order valence-electron chi connectivity index (χ4n) is 3.73. The molecule has 0 aliphatic carbocycles. The molecule has 26 heavy (non-hydrogen) atoms. The van der Waals surface area contributed by atoms with Crippen molar-refractivity contribution in [3.05, 3.63) is 35.4 Å². The molecule has 0 aromatic heterocycles. The number of hydrogen-bond donors (Lipinski definition) is 2. The number of hydrogen-bond acceptors (Lipinski definition) is 3. The van der Waals surface area contributed by atoms with Crippen LogP contribution in [0.25, 0.3) is 0 Å². The number of carbonyl (C=O) groups excluding carboxylic acids is 1. The van der Waals surface area contributed by atoms with Gasteiger partial charge in [0, 0.05) is 17.6 Å². The number of nitrogens with one attached hydrogen (secondary N) is 1. The lowest BCUT2D eigenvalue weighted by Gasteiger charge is -2.53. The lowest BCUT2D eigenvalue weighted by molar-refractivity contribution is -0.139. The Morgan fingerprint density at radius 2 is 1.35 bits per heavy atom. The van der Waals surface area contributed by atoms with Gasteiger partial charge in [0.15, 0.2) is 0 Å². The van der Waals surface area contributed by atoms with Crippen molar-refractivity contribution in [3.63, 3.8) is 0 Å². The third-order valence-electron chi connectivity index (χ3n) is 4.44. The SMILES string of the molecule is CC(C)(C)[C@H](C(=O)NCc1ccc(CO)cc1)N(C(C)(C)C)C(C)(C)C. The minimum absolute atomic E-state index is 0.0326. The molecule has 1 aromatic rings. The molecule has 0 heterocycles. The molecular formula is C22H38N2O2. The molecule has 148 valence electrons. The maximum atomic E-state index is 13.2. The van der Waals surface area contributed by atoms with Crippen LogP contribution in [-0.2, 0) is 17.9 Å². The molecule has 0 saturated heterocycles. The van der Waals surface area contributed by atoms with Crippen molar-refractivity contribution in [2.45, 2.75) is 92.6 Å². The Balaban J connectivity index is 3.06. The zero-order chi connectivity index (χ0) is 20.3. The molecule has 0 unspecified atom stereocenters. The summed E-state index contributed by atoms with van der Waals surface area (Å²) in [6.45, 7) is 19.9. The first-order chi connectivity index (χ1) is 11.7. The second kappa shape index (κ2) is 8.10. The number of aliphatic hydroxyl groups excluding tert-OH is 1. The summed E-state index contributed by atoms with van der Waals surface area (Å²) in [6.07, 6.45) is 0. The highest BCUT2D eigenvalue weighted by atomic mass is 16.3. The topological polar surface area (TPSA) is 52.6 Å². The van der Waals surface area contributed by atoms with E-state index in [1.54, 1.807) is 0 Å². The highest BCUT2D eigenvalue weighted by Crippen LogP contribution is 2.35. The number of nitrogens with zero attached hydrogens (tertiary/aromatic N) is 1. The second-order valence-electron chi connectivity index (χ2n) is 10.2. The van der Waals surface area contributed by atoms with E-state index < -0.39 is 0 Å². The zero-order valence-electron chi connectivity index (χ0n) is 18.1. The van der Waals surface area contributed by atoms with Crippen LogP contribution in [0, 0.1) is 5.41 Å². The number of benzene rings is 1. The third kappa shape index (κ3) is 6.10. The quantitative estimate of drug-likeness (QED) is 0.829. The highest BCUT2D eigenvalue weighted by molar-refractivity contribution is 5.82. The Morgan fingerprint density at radius 3 is 1.69 bits per heavy atom. The van der Waals surface area contributed by atoms with Gasteiger partial charge in [-0.2, -0.15) is 0 Å². The molecule has 2 N–H and O–H groups in total. The summed E-state index contributed by atoms with van der Waals surface area (Å²) in [5.74, 6) is 0.0496. The van der Waals surface area contributed by atoms with E-state index in [2.05, 4.69) is 72.5 Å². The molecule has 0 spiro atoms. The maximum Gasteiger partial charge on any atom is 0.238 e. The van der Waals surface area contributed by atoms with Crippen LogP contribution in [0.3, 0.4) is 0 Å². The van der Waals surface area contributed by atoms with E-state index in [0.717, 1.165) is 11.1 Å². The monoisotopic (exact) mass is 362 g/mol. The van der Waals surface area contributed by atoms with Crippen LogP contribution < -0.4 is 5.32 Å². The van der Waals surface area contributed by atoms with Crippen LogP contribution in [0.2, 0.25) is 0 Å². The van der Waals surface area contributed by atoms with Crippen molar-refractivity contribution in [2.75, 3.05) is 0 Å². The molecule has 0 bridgehead atoms. The first-order valence-electron chi connectivity index (χ1n) is 9.44. The molecule has 1 amide bonds. The van der Waals surface area contributed by atoms with Gasteiger partial charge in [-0.05, 0) is 58.1 Å². The fourth-order valence-corrected chi connectivity index (χ4v) is 3.73. The second-order valence-corrected chi connectivity index (χ2v) is 10.2. The van der Waals surface area contributed by atoms with Gasteiger partial charge in [0.25, 0.3) is 0 Å². The molecule has 0 aliphatic rings. The first kappa shape index (κ1) is 22.7. The van der Waals surface area contributed by atoms with Gasteiger partial charge in [0.1, 0.15) is 0 Å². The van der Waals surface area contributed by atoms with Crippen molar-refractivity contribution in [2.24, 2.45) is 5.41 Å². The van der Waals surface area contributed by atoms with Crippen molar-refractivity contribution in [1.82, 2.24) is 10.2 Å². The number of amides is 1. The molecule has 0 aliphatic heterocycles. The predicted molar refractivity (Wildman–Crippen MR) is 109 cm³/mol. The molecule has 1 rings (SSSR count). The molecule has 4 heteroatoms. The Bertz CT molecular complexity index is 573. The number of carbonyl (C=O) groups is 1. The minimum atomic E-state index is -0.251. The standard InChI is InChI=1S/C22H38N2O2/c1-20(2,3)18(24(21(4,5)6)22(7,8)9)19(26)23-14-16-10-12-17(15-25)13-11-16/h10-13,18,25H,14-15H2,1-9H3,(H,23,26)/t18-/m0/s1. The van der Waals surface area contributed by atoms with Gasteiger partial charge in [-0.1, -0.05) is 45.0 Å². The molecule has 0 saturated carbocycles. The third-order valence-corrected chi connectivity index (χ3v) is 4.44. The molecular weight excluding hydrogens is 324 g/mol. The van der Waals surface area contributed by atoms with Gasteiger partial charge in [-0.25, -0.2) is 0 Å². The predicted octanol–water partition coefficient (Wildman–Crippen LogP) is 4.11. The lowest BCUT2D eigenvalue weighted by Crippen LogP contribution is -2.65. The summed E-state index contributed by atoms with van der Waals surface area (Å²) < 4.78 is 0. The number of aliphatic hydroxyl groups is 1. The van der Waals surface area contributed by atoms with Crippen molar-refractivity contribution >= 4 is 5.91 Å². The van der Waals surface area contributed by atoms with E-state index in [-0.39, 0.29) is 35.0 Å². The summed E-state index contributed by atoms with van der Waals surface area (Å²) in [5.41, 5.74) is 1.42. The van der Waals surface area contributed by atoms with Crippen molar-refractivity contribution in [1.29, 1.82) is 0 Å². The van der Waals surface area contributed by atoms with Crippen LogP contribution >= 0.6 is 0 Å². The fraction of sp³-hybridized carbons (Fsp3) is 0.682. The van der Waals surface area contributed by atoms with E-state index in [9.17, 15) is 4.79 Å². The van der Waals surface area contributed by atoms with Crippen molar-refractivity contribution < 1.29 is 9.90 Å². The molecule has 1 atom stereocenters. The largest absolute Gasteiger partial charge is 0.392 e. The zero-order valence-corrected chi connectivity index (χ0v) is 18.1. The smallest absolute Gasteiger partial charge is 0.238 e.